The minimum atomic E-state index is -0.670. The van der Waals surface area contributed by atoms with Gasteiger partial charge in [-0.1, -0.05) is 36.6 Å². The van der Waals surface area contributed by atoms with E-state index in [0.717, 1.165) is 42.6 Å². The van der Waals surface area contributed by atoms with Crippen LogP contribution >= 0.6 is 11.6 Å². The van der Waals surface area contributed by atoms with Crippen molar-refractivity contribution in [2.75, 3.05) is 11.4 Å². The average Bonchev–Trinajstić information content (AvgIpc) is 3.36. The number of nitrogens with zero attached hydrogens (tertiary/aromatic N) is 3. The highest BCUT2D eigenvalue weighted by Crippen LogP contribution is 2.36. The lowest BCUT2D eigenvalue weighted by Crippen LogP contribution is -2.54. The third-order valence-corrected chi connectivity index (χ3v) is 6.58. The van der Waals surface area contributed by atoms with Crippen LogP contribution in [0.2, 0.25) is 5.02 Å². The third kappa shape index (κ3) is 4.84. The van der Waals surface area contributed by atoms with Crippen LogP contribution in [0.1, 0.15) is 31.2 Å². The number of hydrogen-bond acceptors (Lipinski definition) is 5. The van der Waals surface area contributed by atoms with E-state index < -0.39 is 12.2 Å². The molecule has 3 aromatic rings. The van der Waals surface area contributed by atoms with Crippen LogP contribution in [0.5, 0.6) is 5.75 Å². The molecule has 0 saturated heterocycles. The fraction of sp³-hybridized carbons (Fsp3) is 0.360. The Morgan fingerprint density at radius 3 is 2.76 bits per heavy atom. The smallest absolute Gasteiger partial charge is 0.263 e. The van der Waals surface area contributed by atoms with Crippen molar-refractivity contribution in [3.05, 3.63) is 71.5 Å². The maximum atomic E-state index is 13.1. The van der Waals surface area contributed by atoms with Gasteiger partial charge in [-0.15, -0.1) is 0 Å². The molecular weight excluding hydrogens is 440 g/mol. The zero-order valence-corrected chi connectivity index (χ0v) is 19.0. The fourth-order valence-electron chi connectivity index (χ4n) is 4.56. The molecule has 7 nitrogen and oxygen atoms in total. The Balaban J connectivity index is 1.34. The average molecular weight is 467 g/mol. The molecule has 1 fully saturated rings. The fourth-order valence-corrected chi connectivity index (χ4v) is 4.73. The van der Waals surface area contributed by atoms with Gasteiger partial charge in [-0.2, -0.15) is 5.10 Å². The molecule has 5 rings (SSSR count). The molecule has 2 aromatic carbocycles. The Bertz CT molecular complexity index is 1100. The molecule has 0 bridgehead atoms. The number of fused-ring (bicyclic) bond motifs is 1. The molecule has 2 aliphatic rings. The van der Waals surface area contributed by atoms with E-state index >= 15 is 0 Å². The Labute approximate surface area is 197 Å². The molecule has 3 atom stereocenters. The van der Waals surface area contributed by atoms with Crippen LogP contribution < -0.4 is 15.0 Å². The molecular formula is C25H27ClN4O3. The van der Waals surface area contributed by atoms with E-state index in [1.165, 1.54) is 0 Å². The summed E-state index contributed by atoms with van der Waals surface area (Å²) in [6.45, 7) is 0.995. The molecule has 8 heteroatoms. The highest BCUT2D eigenvalue weighted by atomic mass is 35.5. The first-order valence-electron chi connectivity index (χ1n) is 11.4. The zero-order valence-electron chi connectivity index (χ0n) is 18.2. The van der Waals surface area contributed by atoms with E-state index in [9.17, 15) is 9.90 Å². The summed E-state index contributed by atoms with van der Waals surface area (Å²) < 4.78 is 7.87. The number of rotatable bonds is 5. The monoisotopic (exact) mass is 466 g/mol. The van der Waals surface area contributed by atoms with Gasteiger partial charge in [0.2, 0.25) is 0 Å². The number of nitrogens with one attached hydrogen (secondary N) is 1. The van der Waals surface area contributed by atoms with Gasteiger partial charge in [-0.25, -0.2) is 4.68 Å². The maximum absolute atomic E-state index is 13.1. The van der Waals surface area contributed by atoms with Gasteiger partial charge in [0.05, 0.1) is 30.1 Å². The summed E-state index contributed by atoms with van der Waals surface area (Å²) in [5, 5.41) is 18.1. The maximum Gasteiger partial charge on any atom is 0.263 e. The number of aromatic nitrogens is 2. The van der Waals surface area contributed by atoms with Gasteiger partial charge in [0.15, 0.2) is 6.10 Å². The van der Waals surface area contributed by atoms with Crippen molar-refractivity contribution >= 4 is 23.2 Å². The minimum Gasteiger partial charge on any atom is -0.477 e. The Morgan fingerprint density at radius 1 is 1.18 bits per heavy atom. The van der Waals surface area contributed by atoms with E-state index in [1.807, 2.05) is 35.1 Å². The standard InChI is InChI=1S/C25H27ClN4O3/c26-18-8-11-23-21(14-18)29(15-17-6-9-19(10-7-17)30-13-3-12-27-30)16-24(33-23)25(32)28-20-4-1-2-5-22(20)31/h3,6-14,20,22,24,31H,1-2,4-5,15-16H2,(H,28,32)/t20-,22-,24?/m0/s1. The van der Waals surface area contributed by atoms with Crippen molar-refractivity contribution in [2.24, 2.45) is 0 Å². The number of hydrogen-bond donors (Lipinski definition) is 2. The molecule has 1 aliphatic heterocycles. The Morgan fingerprint density at radius 2 is 2.00 bits per heavy atom. The molecule has 1 aliphatic carbocycles. The quantitative estimate of drug-likeness (QED) is 0.599. The topological polar surface area (TPSA) is 79.6 Å². The van der Waals surface area contributed by atoms with Crippen molar-refractivity contribution in [3.63, 3.8) is 0 Å². The second kappa shape index (κ2) is 9.45. The van der Waals surface area contributed by atoms with Crippen LogP contribution in [0.3, 0.4) is 0 Å². The van der Waals surface area contributed by atoms with Crippen molar-refractivity contribution in [3.8, 4) is 11.4 Å². The van der Waals surface area contributed by atoms with E-state index in [0.29, 0.717) is 23.9 Å². The molecule has 1 unspecified atom stereocenters. The summed E-state index contributed by atoms with van der Waals surface area (Å²) in [5.41, 5.74) is 2.94. The number of aliphatic hydroxyl groups excluding tert-OH is 1. The number of aliphatic hydroxyl groups is 1. The van der Waals surface area contributed by atoms with E-state index in [4.69, 9.17) is 16.3 Å². The summed E-state index contributed by atoms with van der Waals surface area (Å²) in [4.78, 5) is 15.2. The first-order valence-corrected chi connectivity index (χ1v) is 11.7. The van der Waals surface area contributed by atoms with Gasteiger partial charge >= 0.3 is 0 Å². The van der Waals surface area contributed by atoms with Crippen LogP contribution in [0.15, 0.2) is 60.9 Å². The van der Waals surface area contributed by atoms with E-state index in [2.05, 4.69) is 27.4 Å². The molecule has 2 heterocycles. The first kappa shape index (κ1) is 21.8. The largest absolute Gasteiger partial charge is 0.477 e. The minimum absolute atomic E-state index is 0.194. The van der Waals surface area contributed by atoms with Crippen molar-refractivity contribution < 1.29 is 14.6 Å². The molecule has 1 aromatic heterocycles. The van der Waals surface area contributed by atoms with Crippen molar-refractivity contribution in [2.45, 2.75) is 50.5 Å². The molecule has 0 spiro atoms. The predicted octanol–water partition coefficient (Wildman–Crippen LogP) is 3.71. The second-order valence-electron chi connectivity index (χ2n) is 8.68. The van der Waals surface area contributed by atoms with Crippen LogP contribution in [-0.4, -0.2) is 45.6 Å². The van der Waals surface area contributed by atoms with Crippen LogP contribution in [0, 0.1) is 0 Å². The van der Waals surface area contributed by atoms with Gasteiger partial charge in [0.25, 0.3) is 5.91 Å². The van der Waals surface area contributed by atoms with Gasteiger partial charge in [-0.05, 0) is 54.8 Å². The Kier molecular flexibility index (Phi) is 6.24. The predicted molar refractivity (Wildman–Crippen MR) is 127 cm³/mol. The van der Waals surface area contributed by atoms with Gasteiger partial charge in [0.1, 0.15) is 5.75 Å². The lowest BCUT2D eigenvalue weighted by molar-refractivity contribution is -0.129. The number of anilines is 1. The lowest BCUT2D eigenvalue weighted by Gasteiger charge is -2.37. The number of carbonyl (C=O) groups excluding carboxylic acids is 1. The number of amides is 1. The molecule has 172 valence electrons. The first-order chi connectivity index (χ1) is 16.1. The van der Waals surface area contributed by atoms with Crippen LogP contribution in [-0.2, 0) is 11.3 Å². The number of halogens is 1. The third-order valence-electron chi connectivity index (χ3n) is 6.35. The van der Waals surface area contributed by atoms with Gasteiger partial charge < -0.3 is 20.1 Å². The Hall–Kier alpha value is -3.03. The molecule has 1 amide bonds. The number of ether oxygens (including phenoxy) is 1. The summed E-state index contributed by atoms with van der Waals surface area (Å²) in [7, 11) is 0. The highest BCUT2D eigenvalue weighted by molar-refractivity contribution is 6.31. The summed E-state index contributed by atoms with van der Waals surface area (Å²) >= 11 is 6.27. The van der Waals surface area contributed by atoms with Crippen LogP contribution in [0.4, 0.5) is 5.69 Å². The SMILES string of the molecule is O=C(N[C@H]1CCCC[C@@H]1O)C1CN(Cc2ccc(-n3cccn3)cc2)c2cc(Cl)ccc2O1. The van der Waals surface area contributed by atoms with Gasteiger partial charge in [0, 0.05) is 24.0 Å². The van der Waals surface area contributed by atoms with Crippen molar-refractivity contribution in [1.82, 2.24) is 15.1 Å². The summed E-state index contributed by atoms with van der Waals surface area (Å²) in [5.74, 6) is 0.434. The number of benzene rings is 2. The van der Waals surface area contributed by atoms with Crippen molar-refractivity contribution in [1.29, 1.82) is 0 Å². The molecule has 2 N–H and O–H groups in total. The second-order valence-corrected chi connectivity index (χ2v) is 9.12. The van der Waals surface area contributed by atoms with Gasteiger partial charge in [-0.3, -0.25) is 4.79 Å². The summed E-state index contributed by atoms with van der Waals surface area (Å²) in [6, 6.07) is 15.3. The number of carbonyl (C=O) groups is 1. The van der Waals surface area contributed by atoms with Crippen LogP contribution in [0.25, 0.3) is 5.69 Å². The molecule has 1 saturated carbocycles. The van der Waals surface area contributed by atoms with E-state index in [1.54, 1.807) is 18.3 Å². The lowest BCUT2D eigenvalue weighted by atomic mass is 9.92. The highest BCUT2D eigenvalue weighted by Gasteiger charge is 2.34. The molecule has 33 heavy (non-hydrogen) atoms. The van der Waals surface area contributed by atoms with E-state index in [-0.39, 0.29) is 11.9 Å². The normalized spacial score (nSPS) is 22.4. The molecule has 0 radical (unpaired) electrons. The summed E-state index contributed by atoms with van der Waals surface area (Å²) in [6.07, 6.45) is 6.00. The zero-order chi connectivity index (χ0) is 22.8.